The van der Waals surface area contributed by atoms with Crippen LogP contribution in [0.2, 0.25) is 0 Å². The molecule has 0 radical (unpaired) electrons. The van der Waals surface area contributed by atoms with Crippen LogP contribution in [0, 0.1) is 0 Å². The number of benzene rings is 1. The van der Waals surface area contributed by atoms with E-state index in [2.05, 4.69) is 36.5 Å². The van der Waals surface area contributed by atoms with Crippen LogP contribution in [0.3, 0.4) is 0 Å². The third kappa shape index (κ3) is 1.49. The quantitative estimate of drug-likeness (QED) is 0.727. The third-order valence-corrected chi connectivity index (χ3v) is 3.24. The molecule has 13 heavy (non-hydrogen) atoms. The Bertz CT molecular complexity index is 293. The lowest BCUT2D eigenvalue weighted by molar-refractivity contribution is 0.492. The van der Waals surface area contributed by atoms with Gasteiger partial charge in [-0.3, -0.25) is 0 Å². The first-order valence-corrected chi connectivity index (χ1v) is 5.08. The molecule has 0 saturated carbocycles. The summed E-state index contributed by atoms with van der Waals surface area (Å²) in [6.45, 7) is 2.27. The van der Waals surface area contributed by atoms with Crippen LogP contribution in [-0.4, -0.2) is 13.1 Å². The first-order chi connectivity index (χ1) is 6.33. The number of rotatable bonds is 2. The van der Waals surface area contributed by atoms with Crippen LogP contribution in [0.1, 0.15) is 30.4 Å². The predicted molar refractivity (Wildman–Crippen MR) is 56.0 cm³/mol. The van der Waals surface area contributed by atoms with E-state index in [1.165, 1.54) is 12.8 Å². The van der Waals surface area contributed by atoms with Gasteiger partial charge >= 0.3 is 0 Å². The summed E-state index contributed by atoms with van der Waals surface area (Å²) in [5.74, 6) is 0.723. The molecule has 1 heteroatoms. The highest BCUT2D eigenvalue weighted by Crippen LogP contribution is 2.34. The average Bonchev–Trinajstić information content (AvgIpc) is 2.60. The van der Waals surface area contributed by atoms with Gasteiger partial charge < -0.3 is 5.32 Å². The van der Waals surface area contributed by atoms with E-state index in [4.69, 9.17) is 0 Å². The third-order valence-electron chi connectivity index (χ3n) is 3.24. The first kappa shape index (κ1) is 8.76. The number of nitrogens with one attached hydrogen (secondary N) is 1. The van der Waals surface area contributed by atoms with Crippen LogP contribution in [0.15, 0.2) is 24.3 Å². The van der Waals surface area contributed by atoms with Crippen LogP contribution >= 0.6 is 0 Å². The molecule has 1 aliphatic carbocycles. The molecule has 0 aromatic heterocycles. The van der Waals surface area contributed by atoms with Crippen molar-refractivity contribution in [2.45, 2.75) is 31.7 Å². The molecule has 1 aromatic carbocycles. The van der Waals surface area contributed by atoms with Crippen LogP contribution in [0.4, 0.5) is 0 Å². The first-order valence-electron chi connectivity index (χ1n) is 5.08. The lowest BCUT2D eigenvalue weighted by Crippen LogP contribution is -2.27. The smallest absolute Gasteiger partial charge is 0.0105 e. The Morgan fingerprint density at radius 2 is 2.15 bits per heavy atom. The molecule has 2 atom stereocenters. The van der Waals surface area contributed by atoms with E-state index in [1.54, 1.807) is 11.1 Å². The zero-order valence-corrected chi connectivity index (χ0v) is 8.38. The monoisotopic (exact) mass is 175 g/mol. The van der Waals surface area contributed by atoms with E-state index >= 15 is 0 Å². The largest absolute Gasteiger partial charge is 0.317 e. The Kier molecular flexibility index (Phi) is 2.36. The van der Waals surface area contributed by atoms with Crippen molar-refractivity contribution < 1.29 is 0 Å². The van der Waals surface area contributed by atoms with E-state index in [0.717, 1.165) is 5.92 Å². The van der Waals surface area contributed by atoms with Gasteiger partial charge in [-0.25, -0.2) is 0 Å². The summed E-state index contributed by atoms with van der Waals surface area (Å²) in [7, 11) is 2.05. The van der Waals surface area contributed by atoms with Gasteiger partial charge in [-0.05, 0) is 43.9 Å². The van der Waals surface area contributed by atoms with Crippen LogP contribution in [0.25, 0.3) is 0 Å². The molecule has 70 valence electrons. The summed E-state index contributed by atoms with van der Waals surface area (Å²) < 4.78 is 0. The van der Waals surface area contributed by atoms with Crippen molar-refractivity contribution in [3.63, 3.8) is 0 Å². The molecule has 0 fully saturated rings. The van der Waals surface area contributed by atoms with Gasteiger partial charge in [-0.2, -0.15) is 0 Å². The van der Waals surface area contributed by atoms with Crippen molar-refractivity contribution in [1.29, 1.82) is 0 Å². The molecule has 0 spiro atoms. The average molecular weight is 175 g/mol. The van der Waals surface area contributed by atoms with Crippen molar-refractivity contribution in [2.75, 3.05) is 7.05 Å². The SMILES string of the molecule is CNC(C)C1CCc2ccccc21. The fourth-order valence-corrected chi connectivity index (χ4v) is 2.31. The van der Waals surface area contributed by atoms with Gasteiger partial charge in [0, 0.05) is 6.04 Å². The number of hydrogen-bond acceptors (Lipinski definition) is 1. The maximum absolute atomic E-state index is 3.35. The predicted octanol–water partition coefficient (Wildman–Crippen LogP) is 2.32. The highest BCUT2D eigenvalue weighted by molar-refractivity contribution is 5.35. The zero-order valence-electron chi connectivity index (χ0n) is 8.38. The summed E-state index contributed by atoms with van der Waals surface area (Å²) in [6.07, 6.45) is 2.56. The molecule has 1 nitrogen and oxygen atoms in total. The fraction of sp³-hybridized carbons (Fsp3) is 0.500. The highest BCUT2D eigenvalue weighted by atomic mass is 14.9. The normalized spacial score (nSPS) is 22.8. The van der Waals surface area contributed by atoms with Gasteiger partial charge in [-0.15, -0.1) is 0 Å². The number of aryl methyl sites for hydroxylation is 1. The Balaban J connectivity index is 2.28. The van der Waals surface area contributed by atoms with Gasteiger partial charge in [0.1, 0.15) is 0 Å². The summed E-state index contributed by atoms with van der Waals surface area (Å²) in [6, 6.07) is 9.44. The molecule has 0 saturated heterocycles. The Morgan fingerprint density at radius 3 is 2.92 bits per heavy atom. The lowest BCUT2D eigenvalue weighted by atomic mass is 9.94. The van der Waals surface area contributed by atoms with E-state index in [9.17, 15) is 0 Å². The highest BCUT2D eigenvalue weighted by Gasteiger charge is 2.25. The standard InChI is InChI=1S/C12H17N/c1-9(13-2)11-8-7-10-5-3-4-6-12(10)11/h3-6,9,11,13H,7-8H2,1-2H3. The summed E-state index contributed by atoms with van der Waals surface area (Å²) >= 11 is 0. The molecule has 1 N–H and O–H groups in total. The van der Waals surface area contributed by atoms with Crippen LogP contribution in [0.5, 0.6) is 0 Å². The van der Waals surface area contributed by atoms with Gasteiger partial charge in [0.15, 0.2) is 0 Å². The second kappa shape index (κ2) is 3.51. The Hall–Kier alpha value is -0.820. The number of fused-ring (bicyclic) bond motifs is 1. The Morgan fingerprint density at radius 1 is 1.38 bits per heavy atom. The summed E-state index contributed by atoms with van der Waals surface area (Å²) in [5.41, 5.74) is 3.11. The second-order valence-electron chi connectivity index (χ2n) is 3.92. The number of likely N-dealkylation sites (N-methyl/N-ethyl adjacent to an activating group) is 1. The molecular formula is C12H17N. The minimum Gasteiger partial charge on any atom is -0.317 e. The van der Waals surface area contributed by atoms with E-state index in [1.807, 2.05) is 7.05 Å². The van der Waals surface area contributed by atoms with Gasteiger partial charge in [0.05, 0.1) is 0 Å². The second-order valence-corrected chi connectivity index (χ2v) is 3.92. The lowest BCUT2D eigenvalue weighted by Gasteiger charge is -2.19. The van der Waals surface area contributed by atoms with E-state index in [0.29, 0.717) is 6.04 Å². The summed E-state index contributed by atoms with van der Waals surface area (Å²) in [4.78, 5) is 0. The fourth-order valence-electron chi connectivity index (χ4n) is 2.31. The summed E-state index contributed by atoms with van der Waals surface area (Å²) in [5, 5.41) is 3.35. The molecule has 2 rings (SSSR count). The molecule has 0 amide bonds. The molecular weight excluding hydrogens is 158 g/mol. The van der Waals surface area contributed by atoms with Crippen molar-refractivity contribution in [3.8, 4) is 0 Å². The Labute approximate surface area is 80.2 Å². The van der Waals surface area contributed by atoms with Crippen molar-refractivity contribution in [2.24, 2.45) is 0 Å². The molecule has 0 aliphatic heterocycles. The molecule has 2 unspecified atom stereocenters. The van der Waals surface area contributed by atoms with Gasteiger partial charge in [-0.1, -0.05) is 24.3 Å². The van der Waals surface area contributed by atoms with Gasteiger partial charge in [0.2, 0.25) is 0 Å². The number of hydrogen-bond donors (Lipinski definition) is 1. The molecule has 1 aromatic rings. The molecule has 1 aliphatic rings. The van der Waals surface area contributed by atoms with E-state index < -0.39 is 0 Å². The van der Waals surface area contributed by atoms with E-state index in [-0.39, 0.29) is 0 Å². The van der Waals surface area contributed by atoms with Gasteiger partial charge in [0.25, 0.3) is 0 Å². The zero-order chi connectivity index (χ0) is 9.26. The van der Waals surface area contributed by atoms with Crippen LogP contribution < -0.4 is 5.32 Å². The maximum Gasteiger partial charge on any atom is 0.0105 e. The minimum absolute atomic E-state index is 0.601. The van der Waals surface area contributed by atoms with Crippen molar-refractivity contribution in [3.05, 3.63) is 35.4 Å². The topological polar surface area (TPSA) is 12.0 Å². The molecule has 0 bridgehead atoms. The van der Waals surface area contributed by atoms with Crippen molar-refractivity contribution >= 4 is 0 Å². The minimum atomic E-state index is 0.601. The van der Waals surface area contributed by atoms with Crippen molar-refractivity contribution in [1.82, 2.24) is 5.32 Å². The maximum atomic E-state index is 3.35. The molecule has 0 heterocycles. The van der Waals surface area contributed by atoms with Crippen LogP contribution in [-0.2, 0) is 6.42 Å².